The van der Waals surface area contributed by atoms with E-state index in [4.69, 9.17) is 10.5 Å². The number of benzene rings is 1. The fourth-order valence-corrected chi connectivity index (χ4v) is 4.06. The predicted molar refractivity (Wildman–Crippen MR) is 115 cm³/mol. The molecule has 0 bridgehead atoms. The molecule has 1 atom stereocenters. The summed E-state index contributed by atoms with van der Waals surface area (Å²) in [6.45, 7) is 1.66. The van der Waals surface area contributed by atoms with Gasteiger partial charge in [-0.25, -0.2) is 4.98 Å². The van der Waals surface area contributed by atoms with E-state index in [9.17, 15) is 9.59 Å². The van der Waals surface area contributed by atoms with Gasteiger partial charge in [-0.2, -0.15) is 0 Å². The zero-order valence-electron chi connectivity index (χ0n) is 16.5. The number of rotatable bonds is 8. The zero-order chi connectivity index (χ0) is 21.7. The molecule has 0 radical (unpaired) electrons. The molecule has 3 aromatic rings. The quantitative estimate of drug-likeness (QED) is 0.393. The molecule has 3 rings (SSSR count). The lowest BCUT2D eigenvalue weighted by Crippen LogP contribution is -2.25. The predicted octanol–water partition coefficient (Wildman–Crippen LogP) is 2.46. The number of aromatic nitrogens is 4. The standard InChI is InChI=1S/C18H20N6O4S2/c1-10(24-16(19)22-23-18(24)30-9-14(25)28-3)15(26)21-17-20-13(8-29-17)11-4-6-12(27-2)7-5-11/h4-8,10H,9H2,1-3H3,(H2,19,22)(H,20,21,26). The number of nitrogens with one attached hydrogen (secondary N) is 1. The average Bonchev–Trinajstić information content (AvgIpc) is 3.37. The van der Waals surface area contributed by atoms with Gasteiger partial charge in [-0.1, -0.05) is 11.8 Å². The van der Waals surface area contributed by atoms with Crippen molar-refractivity contribution in [3.8, 4) is 17.0 Å². The number of methoxy groups -OCH3 is 2. The minimum atomic E-state index is -0.714. The van der Waals surface area contributed by atoms with Crippen molar-refractivity contribution >= 4 is 46.1 Å². The number of hydrogen-bond donors (Lipinski definition) is 2. The van der Waals surface area contributed by atoms with Crippen molar-refractivity contribution in [2.45, 2.75) is 18.1 Å². The van der Waals surface area contributed by atoms with Gasteiger partial charge in [-0.15, -0.1) is 21.5 Å². The van der Waals surface area contributed by atoms with Gasteiger partial charge in [-0.3, -0.25) is 14.2 Å². The van der Waals surface area contributed by atoms with Crippen LogP contribution >= 0.6 is 23.1 Å². The molecule has 1 amide bonds. The number of nitrogens with zero attached hydrogens (tertiary/aromatic N) is 4. The molecule has 1 unspecified atom stereocenters. The Morgan fingerprint density at radius 2 is 2.00 bits per heavy atom. The minimum Gasteiger partial charge on any atom is -0.497 e. The van der Waals surface area contributed by atoms with Crippen LogP contribution < -0.4 is 15.8 Å². The maximum Gasteiger partial charge on any atom is 0.316 e. The SMILES string of the molecule is COC(=O)CSc1nnc(N)n1C(C)C(=O)Nc1nc(-c2ccc(OC)cc2)cs1. The maximum absolute atomic E-state index is 12.7. The number of nitrogen functional groups attached to an aromatic ring is 1. The lowest BCUT2D eigenvalue weighted by atomic mass is 10.2. The van der Waals surface area contributed by atoms with E-state index in [1.54, 1.807) is 14.0 Å². The van der Waals surface area contributed by atoms with Gasteiger partial charge in [-0.05, 0) is 31.2 Å². The molecule has 10 nitrogen and oxygen atoms in total. The zero-order valence-corrected chi connectivity index (χ0v) is 18.1. The van der Waals surface area contributed by atoms with Crippen LogP contribution in [0, 0.1) is 0 Å². The van der Waals surface area contributed by atoms with E-state index in [1.165, 1.54) is 23.0 Å². The average molecular weight is 449 g/mol. The second-order valence-electron chi connectivity index (χ2n) is 6.01. The number of anilines is 2. The lowest BCUT2D eigenvalue weighted by molar-refractivity contribution is -0.137. The smallest absolute Gasteiger partial charge is 0.316 e. The van der Waals surface area contributed by atoms with Crippen molar-refractivity contribution < 1.29 is 19.1 Å². The first-order chi connectivity index (χ1) is 14.4. The van der Waals surface area contributed by atoms with Crippen LogP contribution in [-0.2, 0) is 14.3 Å². The summed E-state index contributed by atoms with van der Waals surface area (Å²) in [5.41, 5.74) is 7.52. The number of ether oxygens (including phenoxy) is 2. The summed E-state index contributed by atoms with van der Waals surface area (Å²) in [6, 6.07) is 6.76. The third-order valence-electron chi connectivity index (χ3n) is 4.12. The summed E-state index contributed by atoms with van der Waals surface area (Å²) in [4.78, 5) is 28.6. The monoisotopic (exact) mass is 448 g/mol. The number of carbonyl (C=O) groups excluding carboxylic acids is 2. The van der Waals surface area contributed by atoms with E-state index in [2.05, 4.69) is 25.2 Å². The Balaban J connectivity index is 1.70. The molecule has 0 saturated carbocycles. The van der Waals surface area contributed by atoms with Crippen LogP contribution in [0.1, 0.15) is 13.0 Å². The van der Waals surface area contributed by atoms with E-state index >= 15 is 0 Å². The number of nitrogens with two attached hydrogens (primary N) is 1. The highest BCUT2D eigenvalue weighted by atomic mass is 32.2. The van der Waals surface area contributed by atoms with Crippen molar-refractivity contribution in [1.82, 2.24) is 19.7 Å². The van der Waals surface area contributed by atoms with Gasteiger partial charge in [0.2, 0.25) is 11.9 Å². The molecule has 0 aliphatic rings. The van der Waals surface area contributed by atoms with E-state index in [0.717, 1.165) is 28.8 Å². The number of esters is 1. The molecule has 12 heteroatoms. The van der Waals surface area contributed by atoms with Crippen LogP contribution in [0.15, 0.2) is 34.8 Å². The molecule has 0 fully saturated rings. The van der Waals surface area contributed by atoms with Gasteiger partial charge < -0.3 is 20.5 Å². The number of thioether (sulfide) groups is 1. The van der Waals surface area contributed by atoms with Crippen molar-refractivity contribution in [3.05, 3.63) is 29.6 Å². The van der Waals surface area contributed by atoms with Crippen molar-refractivity contribution in [2.24, 2.45) is 0 Å². The second kappa shape index (κ2) is 9.59. The van der Waals surface area contributed by atoms with Gasteiger partial charge >= 0.3 is 5.97 Å². The summed E-state index contributed by atoms with van der Waals surface area (Å²) < 4.78 is 11.2. The highest BCUT2D eigenvalue weighted by Crippen LogP contribution is 2.28. The van der Waals surface area contributed by atoms with Crippen LogP contribution in [0.2, 0.25) is 0 Å². The first-order valence-corrected chi connectivity index (χ1v) is 10.6. The van der Waals surface area contributed by atoms with E-state index < -0.39 is 12.0 Å². The first kappa shape index (κ1) is 21.6. The van der Waals surface area contributed by atoms with Gasteiger partial charge in [0, 0.05) is 10.9 Å². The molecular formula is C18H20N6O4S2. The Hall–Kier alpha value is -3.12. The van der Waals surface area contributed by atoms with Crippen LogP contribution in [0.3, 0.4) is 0 Å². The molecule has 0 saturated heterocycles. The summed E-state index contributed by atoms with van der Waals surface area (Å²) in [7, 11) is 2.90. The molecule has 0 aliphatic carbocycles. The number of thiazole rings is 1. The van der Waals surface area contributed by atoms with Crippen molar-refractivity contribution in [1.29, 1.82) is 0 Å². The normalized spacial score (nSPS) is 11.7. The van der Waals surface area contributed by atoms with E-state index in [1.807, 2.05) is 29.6 Å². The molecule has 3 N–H and O–H groups in total. The molecule has 1 aromatic carbocycles. The Morgan fingerprint density at radius 3 is 2.67 bits per heavy atom. The van der Waals surface area contributed by atoms with Gasteiger partial charge in [0.05, 0.1) is 25.7 Å². The molecule has 2 aromatic heterocycles. The Labute approximate surface area is 180 Å². The third kappa shape index (κ3) is 4.89. The van der Waals surface area contributed by atoms with E-state index in [-0.39, 0.29) is 17.6 Å². The summed E-state index contributed by atoms with van der Waals surface area (Å²) in [5, 5.41) is 13.2. The van der Waals surface area contributed by atoms with Gasteiger partial charge in [0.25, 0.3) is 0 Å². The largest absolute Gasteiger partial charge is 0.497 e. The first-order valence-electron chi connectivity index (χ1n) is 8.73. The van der Waals surface area contributed by atoms with Crippen LogP contribution in [-0.4, -0.2) is 51.6 Å². The number of hydrogen-bond acceptors (Lipinski definition) is 10. The van der Waals surface area contributed by atoms with Crippen molar-refractivity contribution in [2.75, 3.05) is 31.0 Å². The third-order valence-corrected chi connectivity index (χ3v) is 5.80. The van der Waals surface area contributed by atoms with Crippen LogP contribution in [0.25, 0.3) is 11.3 Å². The van der Waals surface area contributed by atoms with Gasteiger partial charge in [0.1, 0.15) is 11.8 Å². The summed E-state index contributed by atoms with van der Waals surface area (Å²) in [5.74, 6) is 0.101. The molecule has 0 spiro atoms. The summed E-state index contributed by atoms with van der Waals surface area (Å²) in [6.07, 6.45) is 0. The Morgan fingerprint density at radius 1 is 1.27 bits per heavy atom. The lowest BCUT2D eigenvalue weighted by Gasteiger charge is -2.15. The van der Waals surface area contributed by atoms with Gasteiger partial charge in [0.15, 0.2) is 10.3 Å². The topological polar surface area (TPSA) is 134 Å². The molecule has 2 heterocycles. The molecular weight excluding hydrogens is 428 g/mol. The highest BCUT2D eigenvalue weighted by Gasteiger charge is 2.23. The van der Waals surface area contributed by atoms with Crippen LogP contribution in [0.5, 0.6) is 5.75 Å². The molecule has 0 aliphatic heterocycles. The number of carbonyl (C=O) groups is 2. The molecule has 158 valence electrons. The Kier molecular flexibility index (Phi) is 6.90. The summed E-state index contributed by atoms with van der Waals surface area (Å²) >= 11 is 2.40. The maximum atomic E-state index is 12.7. The van der Waals surface area contributed by atoms with Crippen LogP contribution in [0.4, 0.5) is 11.1 Å². The van der Waals surface area contributed by atoms with E-state index in [0.29, 0.717) is 10.3 Å². The number of amides is 1. The second-order valence-corrected chi connectivity index (χ2v) is 7.81. The fraction of sp³-hybridized carbons (Fsp3) is 0.278. The fourth-order valence-electron chi connectivity index (χ4n) is 2.49. The molecule has 30 heavy (non-hydrogen) atoms. The van der Waals surface area contributed by atoms with Crippen molar-refractivity contribution in [3.63, 3.8) is 0 Å². The minimum absolute atomic E-state index is 0.0284. The highest BCUT2D eigenvalue weighted by molar-refractivity contribution is 7.99. The Bertz CT molecular complexity index is 1030.